The molecule has 1 N–H and O–H groups in total. The van der Waals surface area contributed by atoms with Gasteiger partial charge in [0.1, 0.15) is 17.7 Å². The van der Waals surface area contributed by atoms with E-state index in [0.29, 0.717) is 17.1 Å². The molecule has 0 aliphatic rings. The molecular weight excluding hydrogens is 300 g/mol. The Kier molecular flexibility index (Phi) is 4.12. The number of anilines is 2. The summed E-state index contributed by atoms with van der Waals surface area (Å²) in [5, 5.41) is 12.3. The van der Waals surface area contributed by atoms with Crippen LogP contribution in [-0.4, -0.2) is 4.98 Å². The number of nitriles is 1. The lowest BCUT2D eigenvalue weighted by atomic mass is 10.1. The van der Waals surface area contributed by atoms with Gasteiger partial charge in [-0.05, 0) is 37.6 Å². The van der Waals surface area contributed by atoms with Crippen molar-refractivity contribution < 1.29 is 4.39 Å². The first kappa shape index (κ1) is 14.6. The summed E-state index contributed by atoms with van der Waals surface area (Å²) >= 11 is 11.9. The number of benzene rings is 1. The quantitative estimate of drug-likeness (QED) is 0.870. The highest BCUT2D eigenvalue weighted by atomic mass is 35.5. The molecule has 0 saturated carbocycles. The van der Waals surface area contributed by atoms with Gasteiger partial charge in [0, 0.05) is 5.69 Å². The van der Waals surface area contributed by atoms with Crippen LogP contribution in [0.25, 0.3) is 0 Å². The first-order valence-electron chi connectivity index (χ1n) is 5.72. The van der Waals surface area contributed by atoms with Gasteiger partial charge in [-0.15, -0.1) is 0 Å². The molecule has 3 nitrogen and oxygen atoms in total. The Morgan fingerprint density at radius 1 is 1.20 bits per heavy atom. The van der Waals surface area contributed by atoms with Gasteiger partial charge < -0.3 is 5.32 Å². The summed E-state index contributed by atoms with van der Waals surface area (Å²) in [6.45, 7) is 3.62. The maximum absolute atomic E-state index is 13.2. The average Bonchev–Trinajstić information content (AvgIpc) is 2.33. The standard InChI is InChI=1S/C14H10Cl2FN3/c1-7-3-8(2)19-14(10(7)6-18)20-13-11(15)4-9(17)5-12(13)16/h3-5H,1-2H3,(H,19,20). The second-order valence-corrected chi connectivity index (χ2v) is 5.10. The van der Waals surface area contributed by atoms with E-state index in [1.807, 2.05) is 13.8 Å². The molecule has 0 saturated heterocycles. The van der Waals surface area contributed by atoms with Crippen molar-refractivity contribution in [3.63, 3.8) is 0 Å². The van der Waals surface area contributed by atoms with E-state index >= 15 is 0 Å². The van der Waals surface area contributed by atoms with Crippen LogP contribution in [-0.2, 0) is 0 Å². The van der Waals surface area contributed by atoms with Crippen LogP contribution in [0.2, 0.25) is 10.0 Å². The summed E-state index contributed by atoms with van der Waals surface area (Å²) in [6, 6.07) is 6.17. The topological polar surface area (TPSA) is 48.7 Å². The van der Waals surface area contributed by atoms with Crippen molar-refractivity contribution in [2.75, 3.05) is 5.32 Å². The third-order valence-corrected chi connectivity index (χ3v) is 3.30. The Bertz CT molecular complexity index is 700. The van der Waals surface area contributed by atoms with Crippen LogP contribution in [0.1, 0.15) is 16.8 Å². The number of nitrogens with zero attached hydrogens (tertiary/aromatic N) is 2. The molecule has 2 aromatic rings. The number of aromatic nitrogens is 1. The minimum atomic E-state index is -0.528. The molecule has 20 heavy (non-hydrogen) atoms. The smallest absolute Gasteiger partial charge is 0.148 e. The van der Waals surface area contributed by atoms with Crippen molar-refractivity contribution in [3.05, 3.63) is 50.9 Å². The van der Waals surface area contributed by atoms with Crippen LogP contribution in [0.4, 0.5) is 15.9 Å². The summed E-state index contributed by atoms with van der Waals surface area (Å²) in [5.74, 6) is -0.181. The first-order valence-corrected chi connectivity index (χ1v) is 6.48. The fourth-order valence-electron chi connectivity index (χ4n) is 1.85. The SMILES string of the molecule is Cc1cc(C)c(C#N)c(Nc2c(Cl)cc(F)cc2Cl)n1. The molecule has 0 fully saturated rings. The lowest BCUT2D eigenvalue weighted by molar-refractivity contribution is 0.628. The van der Waals surface area contributed by atoms with Gasteiger partial charge in [0.25, 0.3) is 0 Å². The van der Waals surface area contributed by atoms with Crippen LogP contribution in [0, 0.1) is 31.0 Å². The third-order valence-electron chi connectivity index (χ3n) is 2.71. The van der Waals surface area contributed by atoms with Gasteiger partial charge in [-0.25, -0.2) is 9.37 Å². The minimum Gasteiger partial charge on any atom is -0.337 e. The molecule has 0 amide bonds. The molecule has 0 radical (unpaired) electrons. The van der Waals surface area contributed by atoms with Crippen LogP contribution < -0.4 is 5.32 Å². The first-order chi connectivity index (χ1) is 9.42. The van der Waals surface area contributed by atoms with E-state index in [-0.39, 0.29) is 10.0 Å². The van der Waals surface area contributed by atoms with Gasteiger partial charge in [-0.3, -0.25) is 0 Å². The molecule has 1 aromatic carbocycles. The average molecular weight is 310 g/mol. The van der Waals surface area contributed by atoms with E-state index in [1.165, 1.54) is 0 Å². The third kappa shape index (κ3) is 2.84. The summed E-state index contributed by atoms with van der Waals surface area (Å²) < 4.78 is 13.2. The van der Waals surface area contributed by atoms with E-state index in [9.17, 15) is 9.65 Å². The van der Waals surface area contributed by atoms with Gasteiger partial charge in [-0.2, -0.15) is 5.26 Å². The Labute approximate surface area is 126 Å². The van der Waals surface area contributed by atoms with Crippen LogP contribution in [0.5, 0.6) is 0 Å². The number of pyridine rings is 1. The molecule has 1 aromatic heterocycles. The Balaban J connectivity index is 2.54. The number of halogens is 3. The molecule has 1 heterocycles. The Morgan fingerprint density at radius 3 is 2.35 bits per heavy atom. The largest absolute Gasteiger partial charge is 0.337 e. The van der Waals surface area contributed by atoms with Crippen LogP contribution >= 0.6 is 23.2 Å². The number of aryl methyl sites for hydroxylation is 2. The molecule has 0 spiro atoms. The molecule has 0 aliphatic heterocycles. The van der Waals surface area contributed by atoms with E-state index in [0.717, 1.165) is 23.4 Å². The lowest BCUT2D eigenvalue weighted by Crippen LogP contribution is -2.02. The number of rotatable bonds is 2. The zero-order chi connectivity index (χ0) is 14.9. The second kappa shape index (κ2) is 5.66. The fraction of sp³-hybridized carbons (Fsp3) is 0.143. The summed E-state index contributed by atoms with van der Waals surface area (Å²) in [5.41, 5.74) is 2.26. The van der Waals surface area contributed by atoms with Gasteiger partial charge in [0.15, 0.2) is 0 Å². The second-order valence-electron chi connectivity index (χ2n) is 4.29. The Hall–Kier alpha value is -1.83. The van der Waals surface area contributed by atoms with Crippen molar-refractivity contribution in [3.8, 4) is 6.07 Å². The summed E-state index contributed by atoms with van der Waals surface area (Å²) in [4.78, 5) is 4.26. The number of nitrogens with one attached hydrogen (secondary N) is 1. The van der Waals surface area contributed by atoms with E-state index in [1.54, 1.807) is 6.07 Å². The predicted molar refractivity (Wildman–Crippen MR) is 78.1 cm³/mol. The normalized spacial score (nSPS) is 10.2. The van der Waals surface area contributed by atoms with Gasteiger partial charge >= 0.3 is 0 Å². The maximum atomic E-state index is 13.2. The number of hydrogen-bond acceptors (Lipinski definition) is 3. The van der Waals surface area contributed by atoms with E-state index in [4.69, 9.17) is 23.2 Å². The fourth-order valence-corrected chi connectivity index (χ4v) is 2.40. The van der Waals surface area contributed by atoms with Gasteiger partial charge in [0.05, 0.1) is 21.3 Å². The monoisotopic (exact) mass is 309 g/mol. The van der Waals surface area contributed by atoms with E-state index < -0.39 is 5.82 Å². The van der Waals surface area contributed by atoms with Crippen molar-refractivity contribution >= 4 is 34.7 Å². The summed E-state index contributed by atoms with van der Waals surface area (Å²) in [7, 11) is 0. The van der Waals surface area contributed by atoms with Crippen molar-refractivity contribution in [1.82, 2.24) is 4.98 Å². The Morgan fingerprint density at radius 2 is 1.80 bits per heavy atom. The highest BCUT2D eigenvalue weighted by Crippen LogP contribution is 2.34. The van der Waals surface area contributed by atoms with Crippen molar-refractivity contribution in [1.29, 1.82) is 5.26 Å². The van der Waals surface area contributed by atoms with Crippen LogP contribution in [0.3, 0.4) is 0 Å². The van der Waals surface area contributed by atoms with Gasteiger partial charge in [0.2, 0.25) is 0 Å². The molecule has 0 atom stereocenters. The molecule has 0 unspecified atom stereocenters. The maximum Gasteiger partial charge on any atom is 0.148 e. The zero-order valence-corrected chi connectivity index (χ0v) is 12.3. The lowest BCUT2D eigenvalue weighted by Gasteiger charge is -2.13. The summed E-state index contributed by atoms with van der Waals surface area (Å²) in [6.07, 6.45) is 0. The predicted octanol–water partition coefficient (Wildman–Crippen LogP) is 4.76. The molecule has 102 valence electrons. The zero-order valence-electron chi connectivity index (χ0n) is 10.8. The van der Waals surface area contributed by atoms with Crippen molar-refractivity contribution in [2.45, 2.75) is 13.8 Å². The molecule has 2 rings (SSSR count). The van der Waals surface area contributed by atoms with Crippen molar-refractivity contribution in [2.24, 2.45) is 0 Å². The highest BCUT2D eigenvalue weighted by molar-refractivity contribution is 6.39. The molecule has 0 bridgehead atoms. The highest BCUT2D eigenvalue weighted by Gasteiger charge is 2.13. The van der Waals surface area contributed by atoms with Crippen LogP contribution in [0.15, 0.2) is 18.2 Å². The molecular formula is C14H10Cl2FN3. The van der Waals surface area contributed by atoms with E-state index in [2.05, 4.69) is 16.4 Å². The molecule has 6 heteroatoms. The number of hydrogen-bond donors (Lipinski definition) is 1. The minimum absolute atomic E-state index is 0.125. The molecule has 0 aliphatic carbocycles. The van der Waals surface area contributed by atoms with Gasteiger partial charge in [-0.1, -0.05) is 23.2 Å².